The summed E-state index contributed by atoms with van der Waals surface area (Å²) in [7, 11) is 1.99. The Balaban J connectivity index is 1.54. The van der Waals surface area contributed by atoms with Crippen molar-refractivity contribution >= 4 is 11.5 Å². The van der Waals surface area contributed by atoms with Crippen LogP contribution in [-0.4, -0.2) is 43.5 Å². The lowest BCUT2D eigenvalue weighted by Gasteiger charge is -2.16. The molecule has 3 heterocycles. The highest BCUT2D eigenvalue weighted by molar-refractivity contribution is 5.41. The molecule has 2 aromatic heterocycles. The van der Waals surface area contributed by atoms with Gasteiger partial charge in [-0.15, -0.1) is 0 Å². The van der Waals surface area contributed by atoms with Crippen LogP contribution in [0.15, 0.2) is 30.7 Å². The molecule has 0 saturated carbocycles. The second-order valence-electron chi connectivity index (χ2n) is 5.48. The zero-order valence-electron chi connectivity index (χ0n) is 12.3. The van der Waals surface area contributed by atoms with E-state index in [0.29, 0.717) is 11.9 Å². The van der Waals surface area contributed by atoms with E-state index >= 15 is 0 Å². The van der Waals surface area contributed by atoms with E-state index in [1.165, 1.54) is 12.3 Å². The van der Waals surface area contributed by atoms with Crippen molar-refractivity contribution in [2.24, 2.45) is 7.05 Å². The number of nitrogens with zero attached hydrogens (tertiary/aromatic N) is 5. The molecule has 1 N–H and O–H groups in total. The van der Waals surface area contributed by atoms with Crippen LogP contribution in [0.1, 0.15) is 12.2 Å². The first kappa shape index (κ1) is 14.5. The molecule has 0 amide bonds. The van der Waals surface area contributed by atoms with Crippen LogP contribution in [0.5, 0.6) is 0 Å². The maximum atomic E-state index is 10.6. The number of anilines is 1. The molecule has 22 heavy (non-hydrogen) atoms. The topological polar surface area (TPSA) is 89.1 Å². The SMILES string of the molecule is Cn1ccnc1CN1CC[C@H](Nc2ccc([N+](=O)[O-])cn2)C1. The Hall–Kier alpha value is -2.48. The smallest absolute Gasteiger partial charge is 0.287 e. The predicted octanol–water partition coefficient (Wildman–Crippen LogP) is 1.41. The van der Waals surface area contributed by atoms with E-state index in [1.54, 1.807) is 6.07 Å². The molecule has 0 spiro atoms. The van der Waals surface area contributed by atoms with Crippen molar-refractivity contribution in [1.82, 2.24) is 19.4 Å². The summed E-state index contributed by atoms with van der Waals surface area (Å²) in [6.45, 7) is 2.73. The average molecular weight is 302 g/mol. The summed E-state index contributed by atoms with van der Waals surface area (Å²) >= 11 is 0. The fourth-order valence-corrected chi connectivity index (χ4v) is 2.63. The van der Waals surface area contributed by atoms with Crippen LogP contribution >= 0.6 is 0 Å². The first-order valence-electron chi connectivity index (χ1n) is 7.17. The molecule has 8 heteroatoms. The lowest BCUT2D eigenvalue weighted by molar-refractivity contribution is -0.385. The molecule has 1 aliphatic rings. The summed E-state index contributed by atoms with van der Waals surface area (Å²) in [6, 6.07) is 3.42. The van der Waals surface area contributed by atoms with Gasteiger partial charge in [0.15, 0.2) is 0 Å². The largest absolute Gasteiger partial charge is 0.366 e. The van der Waals surface area contributed by atoms with E-state index in [1.807, 2.05) is 24.0 Å². The minimum absolute atomic E-state index is 0.00776. The van der Waals surface area contributed by atoms with Gasteiger partial charge in [0.25, 0.3) is 5.69 Å². The third-order valence-corrected chi connectivity index (χ3v) is 3.87. The third-order valence-electron chi connectivity index (χ3n) is 3.87. The van der Waals surface area contributed by atoms with E-state index in [0.717, 1.165) is 31.9 Å². The number of likely N-dealkylation sites (tertiary alicyclic amines) is 1. The minimum atomic E-state index is -0.444. The highest BCUT2D eigenvalue weighted by Gasteiger charge is 2.23. The molecule has 1 aliphatic heterocycles. The van der Waals surface area contributed by atoms with Gasteiger partial charge in [0.2, 0.25) is 0 Å². The summed E-state index contributed by atoms with van der Waals surface area (Å²) in [5.74, 6) is 1.73. The molecule has 8 nitrogen and oxygen atoms in total. The molecule has 2 aromatic rings. The number of nitrogens with one attached hydrogen (secondary N) is 1. The van der Waals surface area contributed by atoms with Gasteiger partial charge in [-0.1, -0.05) is 0 Å². The molecular weight excluding hydrogens is 284 g/mol. The quantitative estimate of drug-likeness (QED) is 0.663. The van der Waals surface area contributed by atoms with Crippen LogP contribution in [0, 0.1) is 10.1 Å². The maximum absolute atomic E-state index is 10.6. The van der Waals surface area contributed by atoms with Crippen molar-refractivity contribution in [3.05, 3.63) is 46.7 Å². The fraction of sp³-hybridized carbons (Fsp3) is 0.429. The van der Waals surface area contributed by atoms with E-state index in [-0.39, 0.29) is 5.69 Å². The van der Waals surface area contributed by atoms with Gasteiger partial charge >= 0.3 is 0 Å². The number of hydrogen-bond acceptors (Lipinski definition) is 6. The normalized spacial score (nSPS) is 18.5. The number of imidazole rings is 1. The van der Waals surface area contributed by atoms with Crippen molar-refractivity contribution in [2.75, 3.05) is 18.4 Å². The van der Waals surface area contributed by atoms with Crippen molar-refractivity contribution in [3.63, 3.8) is 0 Å². The second-order valence-corrected chi connectivity index (χ2v) is 5.48. The Bertz CT molecular complexity index is 654. The highest BCUT2D eigenvalue weighted by atomic mass is 16.6. The monoisotopic (exact) mass is 302 g/mol. The summed E-state index contributed by atoms with van der Waals surface area (Å²) in [5.41, 5.74) is 0.00776. The van der Waals surface area contributed by atoms with E-state index in [2.05, 4.69) is 20.2 Å². The Labute approximate surface area is 127 Å². The first-order valence-corrected chi connectivity index (χ1v) is 7.17. The lowest BCUT2D eigenvalue weighted by Crippen LogP contribution is -2.27. The molecule has 1 saturated heterocycles. The summed E-state index contributed by atoms with van der Waals surface area (Å²) < 4.78 is 2.03. The molecule has 1 fully saturated rings. The van der Waals surface area contributed by atoms with Gasteiger partial charge in [-0.25, -0.2) is 9.97 Å². The van der Waals surface area contributed by atoms with E-state index < -0.39 is 4.92 Å². The molecule has 116 valence electrons. The van der Waals surface area contributed by atoms with Gasteiger partial charge in [-0.05, 0) is 12.5 Å². The van der Waals surface area contributed by atoms with Gasteiger partial charge in [0.05, 0.1) is 11.5 Å². The molecule has 0 bridgehead atoms. The average Bonchev–Trinajstić information content (AvgIpc) is 3.10. The molecule has 0 radical (unpaired) electrons. The molecule has 1 atom stereocenters. The standard InChI is InChI=1S/C14H18N6O2/c1-18-7-5-15-14(18)10-19-6-4-11(9-19)17-13-3-2-12(8-16-13)20(21)22/h2-3,5,7-8,11H,4,6,9-10H2,1H3,(H,16,17)/t11-/m0/s1. The Morgan fingerprint density at radius 1 is 1.45 bits per heavy atom. The maximum Gasteiger partial charge on any atom is 0.287 e. The Morgan fingerprint density at radius 3 is 2.95 bits per heavy atom. The lowest BCUT2D eigenvalue weighted by atomic mass is 10.2. The highest BCUT2D eigenvalue weighted by Crippen LogP contribution is 2.18. The van der Waals surface area contributed by atoms with Crippen LogP contribution in [0.2, 0.25) is 0 Å². The van der Waals surface area contributed by atoms with E-state index in [4.69, 9.17) is 0 Å². The van der Waals surface area contributed by atoms with Crippen molar-refractivity contribution in [1.29, 1.82) is 0 Å². The fourth-order valence-electron chi connectivity index (χ4n) is 2.63. The number of rotatable bonds is 5. The van der Waals surface area contributed by atoms with Gasteiger partial charge < -0.3 is 9.88 Å². The second kappa shape index (κ2) is 6.10. The molecular formula is C14H18N6O2. The summed E-state index contributed by atoms with van der Waals surface area (Å²) in [5, 5.41) is 13.9. The van der Waals surface area contributed by atoms with Crippen LogP contribution in [0.4, 0.5) is 11.5 Å². The van der Waals surface area contributed by atoms with Gasteiger partial charge in [0.1, 0.15) is 17.8 Å². The number of hydrogen-bond donors (Lipinski definition) is 1. The molecule has 0 aromatic carbocycles. The van der Waals surface area contributed by atoms with E-state index in [9.17, 15) is 10.1 Å². The van der Waals surface area contributed by atoms with Crippen molar-refractivity contribution in [3.8, 4) is 0 Å². The van der Waals surface area contributed by atoms with Crippen LogP contribution in [-0.2, 0) is 13.6 Å². The number of aryl methyl sites for hydroxylation is 1. The number of nitro groups is 1. The molecule has 0 unspecified atom stereocenters. The number of aromatic nitrogens is 3. The minimum Gasteiger partial charge on any atom is -0.366 e. The molecule has 0 aliphatic carbocycles. The van der Waals surface area contributed by atoms with Gasteiger partial charge in [0, 0.05) is 44.6 Å². The van der Waals surface area contributed by atoms with Gasteiger partial charge in [-0.3, -0.25) is 15.0 Å². The van der Waals surface area contributed by atoms with Gasteiger partial charge in [-0.2, -0.15) is 0 Å². The van der Waals surface area contributed by atoms with Crippen LogP contribution in [0.3, 0.4) is 0 Å². The zero-order chi connectivity index (χ0) is 15.5. The zero-order valence-corrected chi connectivity index (χ0v) is 12.3. The summed E-state index contributed by atoms with van der Waals surface area (Å²) in [4.78, 5) is 20.9. The third kappa shape index (κ3) is 3.22. The number of pyridine rings is 1. The Kier molecular flexibility index (Phi) is 4.01. The Morgan fingerprint density at radius 2 is 2.32 bits per heavy atom. The van der Waals surface area contributed by atoms with Crippen molar-refractivity contribution in [2.45, 2.75) is 19.0 Å². The van der Waals surface area contributed by atoms with Crippen LogP contribution in [0.25, 0.3) is 0 Å². The first-order chi connectivity index (χ1) is 10.6. The van der Waals surface area contributed by atoms with Crippen molar-refractivity contribution < 1.29 is 4.92 Å². The molecule has 3 rings (SSSR count). The summed E-state index contributed by atoms with van der Waals surface area (Å²) in [6.07, 6.45) is 6.05. The van der Waals surface area contributed by atoms with Crippen LogP contribution < -0.4 is 5.32 Å². The predicted molar refractivity (Wildman–Crippen MR) is 81.4 cm³/mol.